The maximum Gasteiger partial charge on any atom is 1.00 e. The van der Waals surface area contributed by atoms with Crippen molar-refractivity contribution < 1.29 is 31.8 Å². The van der Waals surface area contributed by atoms with Gasteiger partial charge in [0.05, 0.1) is 0 Å². The van der Waals surface area contributed by atoms with Gasteiger partial charge in [0.15, 0.2) is 0 Å². The minimum atomic E-state index is -3.92. The fourth-order valence-electron chi connectivity index (χ4n) is 0.122. The molecule has 8 heavy (non-hydrogen) atoms. The second-order valence-electron chi connectivity index (χ2n) is 0.917. The molecule has 0 aromatic carbocycles. The van der Waals surface area contributed by atoms with Crippen LogP contribution in [0, 0.1) is 5.75 Å². The van der Waals surface area contributed by atoms with Gasteiger partial charge in [0.25, 0.3) is 0 Å². The molecular formula is C2H6LiNO3S. The molecule has 44 valence electrons. The molecule has 0 aromatic heterocycles. The van der Waals surface area contributed by atoms with E-state index in [9.17, 15) is 8.42 Å². The molecule has 6 heteroatoms. The van der Waals surface area contributed by atoms with E-state index in [2.05, 4.69) is 0 Å². The van der Waals surface area contributed by atoms with E-state index in [4.69, 9.17) is 10.3 Å². The van der Waals surface area contributed by atoms with Gasteiger partial charge in [-0.3, -0.25) is 0 Å². The molecule has 0 rings (SSSR count). The van der Waals surface area contributed by atoms with Gasteiger partial charge in [0.2, 0.25) is 0 Å². The van der Waals surface area contributed by atoms with Crippen LogP contribution in [0.15, 0.2) is 0 Å². The molecule has 0 saturated carbocycles. The number of rotatable bonds is 2. The molecule has 0 unspecified atom stereocenters. The number of nitrogens with two attached hydrogens (primary N) is 1. The maximum atomic E-state index is 9.65. The fraction of sp³-hybridized carbons (Fsp3) is 0.500. The van der Waals surface area contributed by atoms with Crippen molar-refractivity contribution in [2.24, 2.45) is 5.73 Å². The third-order valence-electron chi connectivity index (χ3n) is 0.307. The molecule has 0 bridgehead atoms. The standard InChI is InChI=1S/C2H6NO3S.Li/c3-1-2-7(4,5)6;/h2H,1,3H2,(H,4,5,6);/q-1;+1. The van der Waals surface area contributed by atoms with Gasteiger partial charge in [-0.25, -0.2) is 8.42 Å². The normalized spacial score (nSPS) is 10.2. The van der Waals surface area contributed by atoms with Gasteiger partial charge in [0.1, 0.15) is 10.1 Å². The van der Waals surface area contributed by atoms with Gasteiger partial charge in [-0.05, 0) is 0 Å². The van der Waals surface area contributed by atoms with E-state index < -0.39 is 10.1 Å². The zero-order valence-electron chi connectivity index (χ0n) is 4.53. The number of hydrogen-bond donors (Lipinski definition) is 2. The van der Waals surface area contributed by atoms with Crippen LogP contribution in [0.5, 0.6) is 0 Å². The average Bonchev–Trinajstić information content (AvgIpc) is 1.30. The zero-order valence-corrected chi connectivity index (χ0v) is 5.35. The molecule has 0 aromatic rings. The van der Waals surface area contributed by atoms with Crippen molar-refractivity contribution in [3.63, 3.8) is 0 Å². The first-order valence-corrected chi connectivity index (χ1v) is 3.07. The monoisotopic (exact) mass is 131 g/mol. The second-order valence-corrected chi connectivity index (χ2v) is 2.28. The number of hydrogen-bond acceptors (Lipinski definition) is 3. The third kappa shape index (κ3) is 9.69. The predicted octanol–water partition coefficient (Wildman–Crippen LogP) is -4.00. The molecule has 0 saturated heterocycles. The summed E-state index contributed by atoms with van der Waals surface area (Å²) < 4.78 is 27.2. The molecule has 0 aliphatic heterocycles. The summed E-state index contributed by atoms with van der Waals surface area (Å²) in [4.78, 5) is 0. The van der Waals surface area contributed by atoms with Crippen LogP contribution in [0.2, 0.25) is 0 Å². The molecule has 0 radical (unpaired) electrons. The van der Waals surface area contributed by atoms with Gasteiger partial charge >= 0.3 is 18.9 Å². The Morgan fingerprint density at radius 3 is 2.00 bits per heavy atom. The van der Waals surface area contributed by atoms with E-state index in [0.717, 1.165) is 0 Å². The Hall–Kier alpha value is 0.467. The molecule has 0 heterocycles. The molecular weight excluding hydrogens is 125 g/mol. The minimum absolute atomic E-state index is 0. The minimum Gasteiger partial charge on any atom is -0.359 e. The Kier molecular flexibility index (Phi) is 6.15. The molecule has 0 spiro atoms. The van der Waals surface area contributed by atoms with Gasteiger partial charge in [-0.2, -0.15) is 5.75 Å². The summed E-state index contributed by atoms with van der Waals surface area (Å²) in [6.07, 6.45) is 0. The summed E-state index contributed by atoms with van der Waals surface area (Å²) in [5.74, 6) is 0.618. The molecule has 0 amide bonds. The molecule has 0 aliphatic rings. The summed E-state index contributed by atoms with van der Waals surface area (Å²) in [5.41, 5.74) is 4.72. The Morgan fingerprint density at radius 1 is 1.62 bits per heavy atom. The van der Waals surface area contributed by atoms with Crippen LogP contribution in [0.4, 0.5) is 0 Å². The van der Waals surface area contributed by atoms with Crippen LogP contribution < -0.4 is 24.6 Å². The first-order chi connectivity index (χ1) is 3.06. The zero-order chi connectivity index (χ0) is 5.91. The van der Waals surface area contributed by atoms with Gasteiger partial charge in [-0.15, -0.1) is 6.54 Å². The van der Waals surface area contributed by atoms with Crippen LogP contribution in [0.3, 0.4) is 0 Å². The van der Waals surface area contributed by atoms with E-state index in [1.807, 2.05) is 0 Å². The summed E-state index contributed by atoms with van der Waals surface area (Å²) in [7, 11) is -3.92. The van der Waals surface area contributed by atoms with Gasteiger partial charge in [-0.1, -0.05) is 0 Å². The summed E-state index contributed by atoms with van der Waals surface area (Å²) in [6, 6.07) is 0. The van der Waals surface area contributed by atoms with Crippen LogP contribution >= 0.6 is 0 Å². The van der Waals surface area contributed by atoms with Crippen molar-refractivity contribution in [3.05, 3.63) is 5.75 Å². The van der Waals surface area contributed by atoms with Crippen molar-refractivity contribution in [3.8, 4) is 0 Å². The molecule has 4 nitrogen and oxygen atoms in total. The fourth-order valence-corrected chi connectivity index (χ4v) is 0.365. The third-order valence-corrected chi connectivity index (χ3v) is 0.921. The van der Waals surface area contributed by atoms with Crippen LogP contribution in [-0.4, -0.2) is 19.5 Å². The molecule has 3 N–H and O–H groups in total. The Balaban J connectivity index is 0. The first-order valence-electron chi connectivity index (χ1n) is 1.57. The summed E-state index contributed by atoms with van der Waals surface area (Å²) in [6.45, 7) is -0.154. The van der Waals surface area contributed by atoms with Crippen LogP contribution in [0.25, 0.3) is 0 Å². The van der Waals surface area contributed by atoms with Gasteiger partial charge < -0.3 is 10.3 Å². The smallest absolute Gasteiger partial charge is 0.359 e. The average molecular weight is 131 g/mol. The summed E-state index contributed by atoms with van der Waals surface area (Å²) >= 11 is 0. The van der Waals surface area contributed by atoms with Crippen molar-refractivity contribution >= 4 is 10.1 Å². The molecule has 0 aliphatic carbocycles. The van der Waals surface area contributed by atoms with E-state index >= 15 is 0 Å². The van der Waals surface area contributed by atoms with Crippen molar-refractivity contribution in [1.29, 1.82) is 0 Å². The van der Waals surface area contributed by atoms with E-state index in [1.165, 1.54) is 0 Å². The van der Waals surface area contributed by atoms with Crippen LogP contribution in [-0.2, 0) is 10.1 Å². The second kappa shape index (κ2) is 4.36. The van der Waals surface area contributed by atoms with Crippen molar-refractivity contribution in [1.82, 2.24) is 0 Å². The Bertz CT molecular complexity index is 130. The summed E-state index contributed by atoms with van der Waals surface area (Å²) in [5, 5.41) is 0. The largest absolute Gasteiger partial charge is 1.00 e. The molecule has 0 atom stereocenters. The van der Waals surface area contributed by atoms with Gasteiger partial charge in [0, 0.05) is 0 Å². The Labute approximate surface area is 60.4 Å². The van der Waals surface area contributed by atoms with Crippen molar-refractivity contribution in [2.75, 3.05) is 6.54 Å². The Morgan fingerprint density at radius 2 is 2.00 bits per heavy atom. The molecule has 0 fully saturated rings. The predicted molar refractivity (Wildman–Crippen MR) is 24.9 cm³/mol. The van der Waals surface area contributed by atoms with Crippen LogP contribution in [0.1, 0.15) is 0 Å². The topological polar surface area (TPSA) is 80.4 Å². The quantitative estimate of drug-likeness (QED) is 0.227. The van der Waals surface area contributed by atoms with Crippen molar-refractivity contribution in [2.45, 2.75) is 0 Å². The SMILES string of the molecule is NC[CH-]S(=O)(=O)O.[Li+]. The van der Waals surface area contributed by atoms with E-state index in [0.29, 0.717) is 5.75 Å². The first kappa shape index (κ1) is 11.3. The maximum absolute atomic E-state index is 9.65. The van der Waals surface area contributed by atoms with E-state index in [1.54, 1.807) is 0 Å². The van der Waals surface area contributed by atoms with E-state index in [-0.39, 0.29) is 25.4 Å².